The van der Waals surface area contributed by atoms with E-state index in [9.17, 15) is 9.59 Å². The number of nitrogens with one attached hydrogen (secondary N) is 1. The molecule has 1 fully saturated rings. The normalized spacial score (nSPS) is 16.2. The van der Waals surface area contributed by atoms with E-state index in [-0.39, 0.29) is 11.8 Å². The molecule has 2 heterocycles. The lowest BCUT2D eigenvalue weighted by molar-refractivity contribution is 0.0599. The average Bonchev–Trinajstić information content (AvgIpc) is 3.01. The number of anilines is 1. The molecule has 1 aliphatic rings. The van der Waals surface area contributed by atoms with Crippen molar-refractivity contribution in [2.75, 3.05) is 38.2 Å². The third-order valence-electron chi connectivity index (χ3n) is 5.44. The van der Waals surface area contributed by atoms with E-state index in [1.54, 1.807) is 13.8 Å². The molecule has 0 unspecified atom stereocenters. The molecule has 6 heteroatoms. The lowest BCUT2D eigenvalue weighted by atomic mass is 10.0. The Morgan fingerprint density at radius 1 is 1.07 bits per heavy atom. The summed E-state index contributed by atoms with van der Waals surface area (Å²) in [5, 5.41) is 0. The number of nitrogens with zero attached hydrogens (tertiary/aromatic N) is 2. The van der Waals surface area contributed by atoms with Crippen LogP contribution in [0.3, 0.4) is 0 Å². The third kappa shape index (κ3) is 3.76. The van der Waals surface area contributed by atoms with Crippen LogP contribution < -0.4 is 4.90 Å². The van der Waals surface area contributed by atoms with E-state index >= 15 is 0 Å². The molecule has 27 heavy (non-hydrogen) atoms. The zero-order valence-electron chi connectivity index (χ0n) is 16.4. The Balaban J connectivity index is 1.69. The molecular weight excluding hydrogens is 342 g/mol. The first-order chi connectivity index (χ1) is 12.9. The van der Waals surface area contributed by atoms with Crippen molar-refractivity contribution >= 4 is 17.4 Å². The Kier molecular flexibility index (Phi) is 5.65. The maximum atomic E-state index is 13.1. The molecule has 2 aromatic rings. The maximum absolute atomic E-state index is 13.1. The summed E-state index contributed by atoms with van der Waals surface area (Å²) in [5.41, 5.74) is 3.52. The smallest absolute Gasteiger partial charge is 0.339 e. The summed E-state index contributed by atoms with van der Waals surface area (Å²) >= 11 is 0. The van der Waals surface area contributed by atoms with Gasteiger partial charge in [0.25, 0.3) is 0 Å². The van der Waals surface area contributed by atoms with Gasteiger partial charge in [0.05, 0.1) is 24.4 Å². The monoisotopic (exact) mass is 369 g/mol. The number of ether oxygens (including phenoxy) is 1. The van der Waals surface area contributed by atoms with E-state index < -0.39 is 5.97 Å². The number of para-hydroxylation sites is 1. The SMILES string of the molecule is COC(=O)c1c(C)[nH]c(C(=O)[C@H](C)N2CCN(c3ccccc3)CC2)c1C. The second-order valence-electron chi connectivity index (χ2n) is 7.02. The summed E-state index contributed by atoms with van der Waals surface area (Å²) < 4.78 is 4.84. The molecule has 1 aliphatic heterocycles. The van der Waals surface area contributed by atoms with Crippen molar-refractivity contribution in [1.82, 2.24) is 9.88 Å². The van der Waals surface area contributed by atoms with E-state index in [4.69, 9.17) is 4.74 Å². The minimum atomic E-state index is -0.413. The first kappa shape index (κ1) is 19.2. The van der Waals surface area contributed by atoms with Crippen LogP contribution in [0.5, 0.6) is 0 Å². The molecule has 144 valence electrons. The Hall–Kier alpha value is -2.60. The van der Waals surface area contributed by atoms with Crippen molar-refractivity contribution in [3.05, 3.63) is 52.8 Å². The summed E-state index contributed by atoms with van der Waals surface area (Å²) in [6, 6.07) is 10.1. The highest BCUT2D eigenvalue weighted by molar-refractivity contribution is 6.03. The fourth-order valence-electron chi connectivity index (χ4n) is 3.79. The number of carbonyl (C=O) groups is 2. The van der Waals surface area contributed by atoms with E-state index in [1.807, 2.05) is 25.1 Å². The second kappa shape index (κ2) is 7.96. The van der Waals surface area contributed by atoms with Gasteiger partial charge >= 0.3 is 5.97 Å². The minimum absolute atomic E-state index is 0.0129. The van der Waals surface area contributed by atoms with Crippen LogP contribution >= 0.6 is 0 Å². The quantitative estimate of drug-likeness (QED) is 0.648. The van der Waals surface area contributed by atoms with Gasteiger partial charge in [-0.25, -0.2) is 4.79 Å². The Bertz CT molecular complexity index is 821. The molecule has 1 aromatic carbocycles. The van der Waals surface area contributed by atoms with Crippen LogP contribution in [-0.4, -0.2) is 61.0 Å². The Labute approximate surface area is 160 Å². The fraction of sp³-hybridized carbons (Fsp3) is 0.429. The van der Waals surface area contributed by atoms with Crippen LogP contribution in [0.15, 0.2) is 30.3 Å². The van der Waals surface area contributed by atoms with Gasteiger partial charge in [0, 0.05) is 37.6 Å². The maximum Gasteiger partial charge on any atom is 0.339 e. The van der Waals surface area contributed by atoms with Gasteiger partial charge in [-0.3, -0.25) is 9.69 Å². The van der Waals surface area contributed by atoms with Gasteiger partial charge in [-0.1, -0.05) is 18.2 Å². The summed E-state index contributed by atoms with van der Waals surface area (Å²) in [6.45, 7) is 8.95. The number of aromatic amines is 1. The molecule has 3 rings (SSSR count). The molecule has 1 atom stereocenters. The predicted octanol–water partition coefficient (Wildman–Crippen LogP) is 2.81. The van der Waals surface area contributed by atoms with Crippen molar-refractivity contribution in [2.24, 2.45) is 0 Å². The molecule has 1 N–H and O–H groups in total. The van der Waals surface area contributed by atoms with Crippen LogP contribution in [0.4, 0.5) is 5.69 Å². The van der Waals surface area contributed by atoms with Gasteiger partial charge < -0.3 is 14.6 Å². The van der Waals surface area contributed by atoms with Crippen LogP contribution in [0, 0.1) is 13.8 Å². The van der Waals surface area contributed by atoms with E-state index in [0.717, 1.165) is 26.2 Å². The minimum Gasteiger partial charge on any atom is -0.465 e. The average molecular weight is 369 g/mol. The number of hydrogen-bond acceptors (Lipinski definition) is 5. The zero-order chi connectivity index (χ0) is 19.6. The van der Waals surface area contributed by atoms with Crippen LogP contribution in [0.1, 0.15) is 39.0 Å². The lowest BCUT2D eigenvalue weighted by Gasteiger charge is -2.38. The third-order valence-corrected chi connectivity index (χ3v) is 5.44. The lowest BCUT2D eigenvalue weighted by Crippen LogP contribution is -2.51. The molecule has 0 saturated carbocycles. The Morgan fingerprint density at radius 3 is 2.30 bits per heavy atom. The molecule has 1 aromatic heterocycles. The highest BCUT2D eigenvalue weighted by Crippen LogP contribution is 2.22. The Morgan fingerprint density at radius 2 is 1.70 bits per heavy atom. The number of hydrogen-bond donors (Lipinski definition) is 1. The number of benzene rings is 1. The second-order valence-corrected chi connectivity index (χ2v) is 7.02. The number of ketones is 1. The summed E-state index contributed by atoms with van der Waals surface area (Å²) in [7, 11) is 1.35. The summed E-state index contributed by atoms with van der Waals surface area (Å²) in [4.78, 5) is 32.7. The van der Waals surface area contributed by atoms with Gasteiger partial charge in [-0.15, -0.1) is 0 Å². The van der Waals surface area contributed by atoms with Crippen molar-refractivity contribution in [3.8, 4) is 0 Å². The number of rotatable bonds is 5. The van der Waals surface area contributed by atoms with Gasteiger partial charge in [-0.05, 0) is 38.5 Å². The van der Waals surface area contributed by atoms with Gasteiger partial charge in [-0.2, -0.15) is 0 Å². The predicted molar refractivity (Wildman–Crippen MR) is 106 cm³/mol. The first-order valence-corrected chi connectivity index (χ1v) is 9.29. The summed E-state index contributed by atoms with van der Waals surface area (Å²) in [5.74, 6) is -0.400. The van der Waals surface area contributed by atoms with E-state index in [1.165, 1.54) is 12.8 Å². The van der Waals surface area contributed by atoms with Crippen molar-refractivity contribution in [3.63, 3.8) is 0 Å². The summed E-state index contributed by atoms with van der Waals surface area (Å²) in [6.07, 6.45) is 0. The van der Waals surface area contributed by atoms with Crippen LogP contribution in [0.2, 0.25) is 0 Å². The van der Waals surface area contributed by atoms with E-state index in [2.05, 4.69) is 26.9 Å². The molecular formula is C21H27N3O3. The first-order valence-electron chi connectivity index (χ1n) is 9.29. The van der Waals surface area contributed by atoms with Crippen molar-refractivity contribution in [1.29, 1.82) is 0 Å². The number of piperazine rings is 1. The zero-order valence-corrected chi connectivity index (χ0v) is 16.4. The molecule has 0 aliphatic carbocycles. The standard InChI is InChI=1S/C21H27N3O3/c1-14-18(21(26)27-4)15(2)22-19(14)20(25)16(3)23-10-12-24(13-11-23)17-8-6-5-7-9-17/h5-9,16,22H,10-13H2,1-4H3/t16-/m0/s1. The van der Waals surface area contributed by atoms with Crippen LogP contribution in [-0.2, 0) is 4.74 Å². The topological polar surface area (TPSA) is 65.6 Å². The molecule has 0 bridgehead atoms. The molecule has 0 amide bonds. The number of H-pyrrole nitrogens is 1. The molecule has 1 saturated heterocycles. The van der Waals surface area contributed by atoms with Crippen molar-refractivity contribution in [2.45, 2.75) is 26.8 Å². The number of carbonyl (C=O) groups excluding carboxylic acids is 2. The molecule has 0 radical (unpaired) electrons. The van der Waals surface area contributed by atoms with Gasteiger partial charge in [0.15, 0.2) is 5.78 Å². The van der Waals surface area contributed by atoms with Gasteiger partial charge in [0.2, 0.25) is 0 Å². The largest absolute Gasteiger partial charge is 0.465 e. The van der Waals surface area contributed by atoms with E-state index in [0.29, 0.717) is 22.5 Å². The number of methoxy groups -OCH3 is 1. The number of aromatic nitrogens is 1. The number of Topliss-reactive ketones (excluding diaryl/α,β-unsaturated/α-hetero) is 1. The number of aryl methyl sites for hydroxylation is 1. The van der Waals surface area contributed by atoms with Gasteiger partial charge in [0.1, 0.15) is 0 Å². The fourth-order valence-corrected chi connectivity index (χ4v) is 3.79. The molecule has 6 nitrogen and oxygen atoms in total. The molecule has 0 spiro atoms. The highest BCUT2D eigenvalue weighted by Gasteiger charge is 2.30. The number of esters is 1. The highest BCUT2D eigenvalue weighted by atomic mass is 16.5. The van der Waals surface area contributed by atoms with Crippen molar-refractivity contribution < 1.29 is 14.3 Å². The van der Waals surface area contributed by atoms with Crippen LogP contribution in [0.25, 0.3) is 0 Å².